The zero-order chi connectivity index (χ0) is 29.6. The maximum absolute atomic E-state index is 13.3. The Morgan fingerprint density at radius 2 is 1.86 bits per heavy atom. The molecule has 1 amide bonds. The normalized spacial score (nSPS) is 15.4. The number of fused-ring (bicyclic) bond motifs is 4. The molecule has 3 aromatic heterocycles. The summed E-state index contributed by atoms with van der Waals surface area (Å²) < 4.78 is 35.2. The minimum Gasteiger partial charge on any atom is -0.476 e. The van der Waals surface area contributed by atoms with Gasteiger partial charge in [0.25, 0.3) is 10.0 Å². The second-order valence-electron chi connectivity index (χ2n) is 11.1. The van der Waals surface area contributed by atoms with E-state index in [4.69, 9.17) is 16.3 Å². The van der Waals surface area contributed by atoms with Gasteiger partial charge in [0.2, 0.25) is 11.8 Å². The molecule has 1 aliphatic carbocycles. The molecule has 1 aromatic carbocycles. The fraction of sp³-hybridized carbons (Fsp3) is 0.333. The van der Waals surface area contributed by atoms with Crippen LogP contribution in [-0.4, -0.2) is 68.5 Å². The molecular weight excluding hydrogens is 611 g/mol. The smallest absolute Gasteiger partial charge is 0.263 e. The van der Waals surface area contributed by atoms with Crippen molar-refractivity contribution in [2.24, 2.45) is 0 Å². The van der Waals surface area contributed by atoms with E-state index in [1.807, 2.05) is 37.2 Å². The van der Waals surface area contributed by atoms with Crippen molar-refractivity contribution in [2.75, 3.05) is 43.9 Å². The van der Waals surface area contributed by atoms with E-state index in [9.17, 15) is 13.2 Å². The SMILES string of the molecule is CN(C)CCCOc1ncc(-c2ccc3ncc4c(c3c2)C2(CCC2)C(=O)N4C)cc1NS(=O)(=O)c1cncc(Cl)c1.Cl. The molecule has 1 saturated carbocycles. The Bertz CT molecular complexity index is 1810. The van der Waals surface area contributed by atoms with Crippen LogP contribution in [0.3, 0.4) is 0 Å². The van der Waals surface area contributed by atoms with Crippen molar-refractivity contribution in [3.63, 3.8) is 0 Å². The van der Waals surface area contributed by atoms with Gasteiger partial charge < -0.3 is 14.5 Å². The molecule has 0 radical (unpaired) electrons. The summed E-state index contributed by atoms with van der Waals surface area (Å²) in [5.41, 5.74) is 3.85. The highest BCUT2D eigenvalue weighted by Gasteiger charge is 2.54. The lowest BCUT2D eigenvalue weighted by atomic mass is 9.64. The zero-order valence-electron chi connectivity index (χ0n) is 24.0. The number of benzene rings is 1. The lowest BCUT2D eigenvalue weighted by molar-refractivity contribution is -0.125. The van der Waals surface area contributed by atoms with E-state index in [-0.39, 0.29) is 39.8 Å². The lowest BCUT2D eigenvalue weighted by Gasteiger charge is -2.37. The van der Waals surface area contributed by atoms with Crippen molar-refractivity contribution in [1.82, 2.24) is 19.9 Å². The molecule has 0 saturated heterocycles. The van der Waals surface area contributed by atoms with Crippen molar-refractivity contribution in [3.8, 4) is 17.0 Å². The monoisotopic (exact) mass is 642 g/mol. The van der Waals surface area contributed by atoms with Gasteiger partial charge in [0, 0.05) is 48.7 Å². The summed E-state index contributed by atoms with van der Waals surface area (Å²) in [6.45, 7) is 1.16. The number of carbonyl (C=O) groups is 1. The number of nitrogens with zero attached hydrogens (tertiary/aromatic N) is 5. The van der Waals surface area contributed by atoms with Crippen LogP contribution in [0.15, 0.2) is 60.0 Å². The molecule has 1 aliphatic heterocycles. The highest BCUT2D eigenvalue weighted by Crippen LogP contribution is 2.55. The molecule has 43 heavy (non-hydrogen) atoms. The van der Waals surface area contributed by atoms with E-state index in [0.717, 1.165) is 59.9 Å². The molecule has 4 aromatic rings. The minimum atomic E-state index is -4.05. The van der Waals surface area contributed by atoms with Gasteiger partial charge in [-0.2, -0.15) is 0 Å². The standard InChI is InChI=1S/C30H31ClN6O4S.ClH/c1-36(2)10-5-11-41-28-25(35-42(39,40)22-14-21(31)16-32-17-22)13-20(15-34-28)19-6-7-24-23(12-19)27-26(18-33-24)37(3)29(38)30(27)8-4-9-30;/h6-7,12-18,35H,4-5,8-11H2,1-3H3;1H. The average molecular weight is 644 g/mol. The van der Waals surface area contributed by atoms with Gasteiger partial charge in [-0.15, -0.1) is 12.4 Å². The molecule has 0 unspecified atom stereocenters. The first-order chi connectivity index (χ1) is 20.1. The van der Waals surface area contributed by atoms with E-state index in [0.29, 0.717) is 12.2 Å². The summed E-state index contributed by atoms with van der Waals surface area (Å²) in [6.07, 6.45) is 9.42. The van der Waals surface area contributed by atoms with Crippen molar-refractivity contribution in [2.45, 2.75) is 36.0 Å². The molecule has 226 valence electrons. The van der Waals surface area contributed by atoms with Crippen LogP contribution in [0.4, 0.5) is 11.4 Å². The number of rotatable bonds is 9. The number of anilines is 2. The van der Waals surface area contributed by atoms with E-state index < -0.39 is 15.4 Å². The molecule has 1 N–H and O–H groups in total. The second-order valence-corrected chi connectivity index (χ2v) is 13.2. The maximum Gasteiger partial charge on any atom is 0.263 e. The van der Waals surface area contributed by atoms with Crippen molar-refractivity contribution in [3.05, 3.63) is 65.7 Å². The van der Waals surface area contributed by atoms with Crippen LogP contribution >= 0.6 is 24.0 Å². The van der Waals surface area contributed by atoms with Crippen LogP contribution in [0.1, 0.15) is 31.2 Å². The average Bonchev–Trinajstić information content (AvgIpc) is 3.18. The topological polar surface area (TPSA) is 118 Å². The Hall–Kier alpha value is -3.51. The molecule has 0 atom stereocenters. The predicted octanol–water partition coefficient (Wildman–Crippen LogP) is 5.30. The van der Waals surface area contributed by atoms with Gasteiger partial charge in [-0.25, -0.2) is 13.4 Å². The van der Waals surface area contributed by atoms with Gasteiger partial charge in [0.05, 0.1) is 34.4 Å². The van der Waals surface area contributed by atoms with E-state index in [1.54, 1.807) is 30.4 Å². The summed E-state index contributed by atoms with van der Waals surface area (Å²) in [7, 11) is 1.71. The van der Waals surface area contributed by atoms with Crippen molar-refractivity contribution in [1.29, 1.82) is 0 Å². The minimum absolute atomic E-state index is 0. The maximum atomic E-state index is 13.3. The molecule has 2 aliphatic rings. The van der Waals surface area contributed by atoms with Gasteiger partial charge in [-0.1, -0.05) is 24.1 Å². The Morgan fingerprint density at radius 3 is 2.56 bits per heavy atom. The summed E-state index contributed by atoms with van der Waals surface area (Å²) >= 11 is 6.02. The number of nitrogens with one attached hydrogen (secondary N) is 1. The second kappa shape index (κ2) is 11.9. The summed E-state index contributed by atoms with van der Waals surface area (Å²) in [5, 5.41) is 1.12. The highest BCUT2D eigenvalue weighted by atomic mass is 35.5. The molecular formula is C30H32Cl2N6O4S. The first-order valence-corrected chi connectivity index (χ1v) is 15.6. The number of sulfonamides is 1. The van der Waals surface area contributed by atoms with Crippen molar-refractivity contribution >= 4 is 62.2 Å². The Balaban J connectivity index is 0.00000368. The zero-order valence-corrected chi connectivity index (χ0v) is 26.4. The number of halogens is 2. The molecule has 1 fully saturated rings. The van der Waals surface area contributed by atoms with Gasteiger partial charge >= 0.3 is 0 Å². The van der Waals surface area contributed by atoms with Crippen LogP contribution in [0, 0.1) is 0 Å². The van der Waals surface area contributed by atoms with Crippen LogP contribution in [0.5, 0.6) is 5.88 Å². The Kier molecular flexibility index (Phi) is 8.54. The Labute approximate surface area is 261 Å². The first kappa shape index (κ1) is 30.9. The fourth-order valence-corrected chi connectivity index (χ4v) is 7.02. The molecule has 1 spiro atoms. The molecule has 10 nitrogen and oxygen atoms in total. The number of carbonyl (C=O) groups excluding carboxylic acids is 1. The van der Waals surface area contributed by atoms with Crippen LogP contribution in [0.2, 0.25) is 5.02 Å². The summed E-state index contributed by atoms with van der Waals surface area (Å²) in [4.78, 5) is 30.0. The van der Waals surface area contributed by atoms with Gasteiger partial charge in [-0.05, 0) is 63.2 Å². The number of ether oxygens (including phenoxy) is 1. The number of hydrogen-bond donors (Lipinski definition) is 1. The Morgan fingerprint density at radius 1 is 1.07 bits per heavy atom. The fourth-order valence-electron chi connectivity index (χ4n) is 5.74. The third-order valence-corrected chi connectivity index (χ3v) is 9.56. The third-order valence-electron chi connectivity index (χ3n) is 8.02. The van der Waals surface area contributed by atoms with Crippen LogP contribution in [-0.2, 0) is 20.2 Å². The van der Waals surface area contributed by atoms with Gasteiger partial charge in [-0.3, -0.25) is 19.5 Å². The predicted molar refractivity (Wildman–Crippen MR) is 170 cm³/mol. The molecule has 6 rings (SSSR count). The number of likely N-dealkylation sites (N-methyl/N-ethyl adjacent to an activating group) is 1. The number of aromatic nitrogens is 3. The van der Waals surface area contributed by atoms with Crippen molar-refractivity contribution < 1.29 is 17.9 Å². The van der Waals surface area contributed by atoms with Crippen LogP contribution in [0.25, 0.3) is 22.0 Å². The van der Waals surface area contributed by atoms with E-state index >= 15 is 0 Å². The van der Waals surface area contributed by atoms with E-state index in [2.05, 4.69) is 19.7 Å². The number of hydrogen-bond acceptors (Lipinski definition) is 8. The quantitative estimate of drug-likeness (QED) is 0.245. The number of pyridine rings is 3. The molecule has 0 bridgehead atoms. The first-order valence-electron chi connectivity index (χ1n) is 13.7. The largest absolute Gasteiger partial charge is 0.476 e. The van der Waals surface area contributed by atoms with Gasteiger partial charge in [0.1, 0.15) is 10.6 Å². The van der Waals surface area contributed by atoms with Crippen LogP contribution < -0.4 is 14.4 Å². The third kappa shape index (κ3) is 5.62. The van der Waals surface area contributed by atoms with E-state index in [1.165, 1.54) is 18.5 Å². The van der Waals surface area contributed by atoms with Gasteiger partial charge in [0.15, 0.2) is 0 Å². The highest BCUT2D eigenvalue weighted by molar-refractivity contribution is 7.92. The number of amides is 1. The molecule has 4 heterocycles. The summed E-state index contributed by atoms with van der Waals surface area (Å²) in [6, 6.07) is 8.90. The lowest BCUT2D eigenvalue weighted by Crippen LogP contribution is -2.43. The molecule has 13 heteroatoms. The summed E-state index contributed by atoms with van der Waals surface area (Å²) in [5.74, 6) is 0.285.